The molecule has 1 heterocycles. The van der Waals surface area contributed by atoms with Crippen LogP contribution in [0.15, 0.2) is 29.2 Å². The van der Waals surface area contributed by atoms with Gasteiger partial charge in [0.05, 0.1) is 11.5 Å². The molecule has 1 saturated heterocycles. The van der Waals surface area contributed by atoms with Crippen molar-refractivity contribution in [2.24, 2.45) is 5.14 Å². The number of hydrogen-bond donors (Lipinski definition) is 5. The summed E-state index contributed by atoms with van der Waals surface area (Å²) in [6.07, 6.45) is -4.17. The van der Waals surface area contributed by atoms with Crippen LogP contribution in [0.2, 0.25) is 0 Å². The summed E-state index contributed by atoms with van der Waals surface area (Å²) in [5, 5.41) is 36.0. The number of rotatable bonds is 4. The highest BCUT2D eigenvalue weighted by atomic mass is 32.2. The van der Waals surface area contributed by atoms with Gasteiger partial charge in [0, 0.05) is 5.69 Å². The standard InChI is InChI=1S/C11H16N2O6S/c12-20(17,18)7-3-1-6(2-4-7)13-11-10(16)9(15)8(5-14)19-11/h1-4,8-11,13-16H,5H2,(H2,12,17,18)/t8-,9+,10+,11+/m0/s1. The number of aliphatic hydroxyl groups is 3. The summed E-state index contributed by atoms with van der Waals surface area (Å²) in [4.78, 5) is -0.0378. The van der Waals surface area contributed by atoms with Gasteiger partial charge in [0.2, 0.25) is 10.0 Å². The van der Waals surface area contributed by atoms with Crippen LogP contribution in [0.5, 0.6) is 0 Å². The summed E-state index contributed by atoms with van der Waals surface area (Å²) in [7, 11) is -3.76. The highest BCUT2D eigenvalue weighted by Crippen LogP contribution is 2.23. The number of nitrogens with one attached hydrogen (secondary N) is 1. The van der Waals surface area contributed by atoms with Crippen molar-refractivity contribution in [3.63, 3.8) is 0 Å². The van der Waals surface area contributed by atoms with Gasteiger partial charge in [0.15, 0.2) is 6.23 Å². The van der Waals surface area contributed by atoms with E-state index >= 15 is 0 Å². The molecule has 112 valence electrons. The molecule has 0 aromatic heterocycles. The molecule has 8 nitrogen and oxygen atoms in total. The average molecular weight is 304 g/mol. The number of ether oxygens (including phenoxy) is 1. The number of hydrogen-bond acceptors (Lipinski definition) is 7. The quantitative estimate of drug-likeness (QED) is 0.441. The van der Waals surface area contributed by atoms with E-state index in [1.165, 1.54) is 24.3 Å². The van der Waals surface area contributed by atoms with Gasteiger partial charge in [0.1, 0.15) is 18.3 Å². The van der Waals surface area contributed by atoms with Crippen LogP contribution in [-0.2, 0) is 14.8 Å². The Hall–Kier alpha value is -1.23. The first kappa shape index (κ1) is 15.2. The molecule has 20 heavy (non-hydrogen) atoms. The highest BCUT2D eigenvalue weighted by molar-refractivity contribution is 7.89. The zero-order valence-corrected chi connectivity index (χ0v) is 11.2. The Kier molecular flexibility index (Phi) is 4.28. The molecule has 9 heteroatoms. The maximum Gasteiger partial charge on any atom is 0.238 e. The molecule has 2 rings (SSSR count). The predicted molar refractivity (Wildman–Crippen MR) is 69.2 cm³/mol. The van der Waals surface area contributed by atoms with E-state index < -0.39 is 41.2 Å². The molecule has 0 aliphatic carbocycles. The topological polar surface area (TPSA) is 142 Å². The lowest BCUT2D eigenvalue weighted by Gasteiger charge is -2.17. The number of primary sulfonamides is 1. The van der Waals surface area contributed by atoms with Gasteiger partial charge < -0.3 is 25.4 Å². The van der Waals surface area contributed by atoms with Crippen molar-refractivity contribution in [3.8, 4) is 0 Å². The molecular formula is C11H16N2O6S. The second kappa shape index (κ2) is 5.64. The Labute approximate surface area is 115 Å². The molecule has 1 aliphatic rings. The third-order valence-electron chi connectivity index (χ3n) is 3.03. The zero-order chi connectivity index (χ0) is 14.9. The van der Waals surface area contributed by atoms with Crippen LogP contribution in [0.25, 0.3) is 0 Å². The molecule has 0 bridgehead atoms. The van der Waals surface area contributed by atoms with Crippen LogP contribution in [0.4, 0.5) is 5.69 Å². The Morgan fingerprint density at radius 1 is 1.20 bits per heavy atom. The summed E-state index contributed by atoms with van der Waals surface area (Å²) in [5.41, 5.74) is 0.479. The van der Waals surface area contributed by atoms with Gasteiger partial charge in [-0.25, -0.2) is 13.6 Å². The minimum Gasteiger partial charge on any atom is -0.394 e. The van der Waals surface area contributed by atoms with Crippen molar-refractivity contribution in [2.75, 3.05) is 11.9 Å². The molecule has 0 spiro atoms. The summed E-state index contributed by atoms with van der Waals surface area (Å²) in [6.45, 7) is -0.416. The lowest BCUT2D eigenvalue weighted by Crippen LogP contribution is -2.36. The zero-order valence-electron chi connectivity index (χ0n) is 10.4. The van der Waals surface area contributed by atoms with Gasteiger partial charge in [-0.3, -0.25) is 0 Å². The number of nitrogens with two attached hydrogens (primary N) is 1. The van der Waals surface area contributed by atoms with E-state index in [4.69, 9.17) is 15.0 Å². The fourth-order valence-corrected chi connectivity index (χ4v) is 2.44. The molecule has 1 aromatic carbocycles. The molecular weight excluding hydrogens is 288 g/mol. The van der Waals surface area contributed by atoms with E-state index in [9.17, 15) is 18.6 Å². The molecule has 0 unspecified atom stereocenters. The van der Waals surface area contributed by atoms with E-state index in [-0.39, 0.29) is 4.90 Å². The third-order valence-corrected chi connectivity index (χ3v) is 3.96. The highest BCUT2D eigenvalue weighted by Gasteiger charge is 2.42. The molecule has 1 aromatic rings. The first-order chi connectivity index (χ1) is 9.32. The minimum absolute atomic E-state index is 0.0378. The van der Waals surface area contributed by atoms with Gasteiger partial charge in [0.25, 0.3) is 0 Å². The maximum absolute atomic E-state index is 11.1. The van der Waals surface area contributed by atoms with Crippen molar-refractivity contribution in [1.82, 2.24) is 0 Å². The lowest BCUT2D eigenvalue weighted by atomic mass is 10.1. The van der Waals surface area contributed by atoms with Gasteiger partial charge in [-0.15, -0.1) is 0 Å². The van der Waals surface area contributed by atoms with E-state index in [0.717, 1.165) is 0 Å². The van der Waals surface area contributed by atoms with Crippen LogP contribution in [0, 0.1) is 0 Å². The van der Waals surface area contributed by atoms with Gasteiger partial charge in [-0.1, -0.05) is 0 Å². The van der Waals surface area contributed by atoms with Crippen LogP contribution < -0.4 is 10.5 Å². The van der Waals surface area contributed by atoms with Crippen molar-refractivity contribution in [3.05, 3.63) is 24.3 Å². The van der Waals surface area contributed by atoms with Crippen molar-refractivity contribution >= 4 is 15.7 Å². The maximum atomic E-state index is 11.1. The predicted octanol–water partition coefficient (Wildman–Crippen LogP) is -1.82. The molecule has 1 aliphatic heterocycles. The fourth-order valence-electron chi connectivity index (χ4n) is 1.92. The third kappa shape index (κ3) is 3.08. The summed E-state index contributed by atoms with van der Waals surface area (Å²) in [6, 6.07) is 5.51. The second-order valence-electron chi connectivity index (χ2n) is 4.47. The monoisotopic (exact) mass is 304 g/mol. The van der Waals surface area contributed by atoms with Gasteiger partial charge in [-0.2, -0.15) is 0 Å². The smallest absolute Gasteiger partial charge is 0.238 e. The van der Waals surface area contributed by atoms with Crippen LogP contribution in [-0.4, -0.2) is 54.9 Å². The van der Waals surface area contributed by atoms with Crippen LogP contribution in [0.1, 0.15) is 0 Å². The first-order valence-electron chi connectivity index (χ1n) is 5.85. The number of anilines is 1. The normalized spacial score (nSPS) is 30.4. The lowest BCUT2D eigenvalue weighted by molar-refractivity contribution is -0.0153. The van der Waals surface area contributed by atoms with Gasteiger partial charge in [-0.05, 0) is 24.3 Å². The van der Waals surface area contributed by atoms with Crippen molar-refractivity contribution < 1.29 is 28.5 Å². The first-order valence-corrected chi connectivity index (χ1v) is 7.39. The molecule has 0 amide bonds. The second-order valence-corrected chi connectivity index (χ2v) is 6.03. The van der Waals surface area contributed by atoms with Crippen LogP contribution in [0.3, 0.4) is 0 Å². The molecule has 4 atom stereocenters. The van der Waals surface area contributed by atoms with E-state index in [1.807, 2.05) is 0 Å². The molecule has 0 radical (unpaired) electrons. The van der Waals surface area contributed by atoms with Crippen LogP contribution >= 0.6 is 0 Å². The van der Waals surface area contributed by atoms with Crippen molar-refractivity contribution in [1.29, 1.82) is 0 Å². The number of sulfonamides is 1. The van der Waals surface area contributed by atoms with E-state index in [0.29, 0.717) is 5.69 Å². The summed E-state index contributed by atoms with van der Waals surface area (Å²) >= 11 is 0. The molecule has 1 fully saturated rings. The van der Waals surface area contributed by atoms with E-state index in [1.54, 1.807) is 0 Å². The fraction of sp³-hybridized carbons (Fsp3) is 0.455. The summed E-state index contributed by atoms with van der Waals surface area (Å²) in [5.74, 6) is 0. The van der Waals surface area contributed by atoms with Crippen molar-refractivity contribution in [2.45, 2.75) is 29.4 Å². The molecule has 6 N–H and O–H groups in total. The summed E-state index contributed by atoms with van der Waals surface area (Å²) < 4.78 is 27.4. The number of benzene rings is 1. The Morgan fingerprint density at radius 2 is 1.80 bits per heavy atom. The molecule has 0 saturated carbocycles. The SMILES string of the molecule is NS(=O)(=O)c1ccc(N[C@@H]2O[C@@H](CO)[C@@H](O)[C@H]2O)cc1. The average Bonchev–Trinajstić information content (AvgIpc) is 2.66. The Balaban J connectivity index is 2.08. The Morgan fingerprint density at radius 3 is 2.25 bits per heavy atom. The van der Waals surface area contributed by atoms with E-state index in [2.05, 4.69) is 5.32 Å². The largest absolute Gasteiger partial charge is 0.394 e. The minimum atomic E-state index is -3.76. The van der Waals surface area contributed by atoms with Gasteiger partial charge >= 0.3 is 0 Å². The Bertz CT molecular complexity index is 561. The number of aliphatic hydroxyl groups excluding tert-OH is 3.